The van der Waals surface area contributed by atoms with Crippen LogP contribution in [-0.2, 0) is 11.3 Å². The second-order valence-corrected chi connectivity index (χ2v) is 6.26. The lowest BCUT2D eigenvalue weighted by molar-refractivity contribution is 0.0600. The Morgan fingerprint density at radius 1 is 0.857 bits per heavy atom. The van der Waals surface area contributed by atoms with Crippen LogP contribution in [0.15, 0.2) is 78.9 Å². The maximum atomic E-state index is 13.0. The average Bonchev–Trinajstić information content (AvgIpc) is 2.74. The van der Waals surface area contributed by atoms with Crippen LogP contribution < -0.4 is 4.74 Å². The van der Waals surface area contributed by atoms with E-state index in [9.17, 15) is 9.59 Å². The highest BCUT2D eigenvalue weighted by Gasteiger charge is 2.17. The van der Waals surface area contributed by atoms with E-state index in [0.29, 0.717) is 29.2 Å². The summed E-state index contributed by atoms with van der Waals surface area (Å²) < 4.78 is 10.6. The van der Waals surface area contributed by atoms with Gasteiger partial charge in [0, 0.05) is 13.6 Å². The number of amides is 1. The standard InChI is InChI=1S/C23H21NO4/c1-24(16-17-12-14-18(15-13-17)23(26)27-2)22(25)20-10-6-7-11-21(20)28-19-8-4-3-5-9-19/h3-15H,16H2,1-2H3. The summed E-state index contributed by atoms with van der Waals surface area (Å²) in [4.78, 5) is 26.1. The molecule has 0 aromatic heterocycles. The van der Waals surface area contributed by atoms with E-state index in [-0.39, 0.29) is 11.9 Å². The largest absolute Gasteiger partial charge is 0.465 e. The van der Waals surface area contributed by atoms with Crippen molar-refractivity contribution >= 4 is 11.9 Å². The molecule has 1 amide bonds. The molecule has 0 aliphatic rings. The number of nitrogens with zero attached hydrogens (tertiary/aromatic N) is 1. The van der Waals surface area contributed by atoms with Gasteiger partial charge >= 0.3 is 5.97 Å². The van der Waals surface area contributed by atoms with Crippen LogP contribution in [0.1, 0.15) is 26.3 Å². The van der Waals surface area contributed by atoms with Gasteiger partial charge in [-0.1, -0.05) is 42.5 Å². The number of carbonyl (C=O) groups is 2. The van der Waals surface area contributed by atoms with Crippen LogP contribution in [0.4, 0.5) is 0 Å². The molecule has 5 heteroatoms. The predicted octanol–water partition coefficient (Wildman–Crippen LogP) is 4.54. The van der Waals surface area contributed by atoms with Crippen LogP contribution in [-0.4, -0.2) is 30.9 Å². The van der Waals surface area contributed by atoms with Gasteiger partial charge in [-0.2, -0.15) is 0 Å². The SMILES string of the molecule is COC(=O)c1ccc(CN(C)C(=O)c2ccccc2Oc2ccccc2)cc1. The van der Waals surface area contributed by atoms with Crippen molar-refractivity contribution in [1.82, 2.24) is 4.90 Å². The van der Waals surface area contributed by atoms with Crippen LogP contribution in [0.2, 0.25) is 0 Å². The van der Waals surface area contributed by atoms with Gasteiger partial charge in [0.2, 0.25) is 0 Å². The summed E-state index contributed by atoms with van der Waals surface area (Å²) in [5.41, 5.74) is 1.87. The van der Waals surface area contributed by atoms with Gasteiger partial charge in [0.15, 0.2) is 0 Å². The molecule has 0 aliphatic heterocycles. The zero-order valence-electron chi connectivity index (χ0n) is 15.8. The average molecular weight is 375 g/mol. The minimum Gasteiger partial charge on any atom is -0.465 e. The Kier molecular flexibility index (Phi) is 6.07. The van der Waals surface area contributed by atoms with E-state index in [2.05, 4.69) is 0 Å². The molecule has 0 aliphatic carbocycles. The minimum atomic E-state index is -0.386. The first-order chi connectivity index (χ1) is 13.6. The second kappa shape index (κ2) is 8.86. The Bertz CT molecular complexity index is 952. The molecular formula is C23H21NO4. The third kappa shape index (κ3) is 4.57. The summed E-state index contributed by atoms with van der Waals surface area (Å²) in [5.74, 6) is 0.641. The van der Waals surface area contributed by atoms with Crippen molar-refractivity contribution < 1.29 is 19.1 Å². The lowest BCUT2D eigenvalue weighted by atomic mass is 10.1. The van der Waals surface area contributed by atoms with Crippen molar-refractivity contribution in [3.8, 4) is 11.5 Å². The monoisotopic (exact) mass is 375 g/mol. The van der Waals surface area contributed by atoms with Crippen LogP contribution in [0.5, 0.6) is 11.5 Å². The molecular weight excluding hydrogens is 354 g/mol. The van der Waals surface area contributed by atoms with Crippen molar-refractivity contribution in [1.29, 1.82) is 0 Å². The summed E-state index contributed by atoms with van der Waals surface area (Å²) in [6.45, 7) is 0.403. The van der Waals surface area contributed by atoms with E-state index < -0.39 is 0 Å². The van der Waals surface area contributed by atoms with Gasteiger partial charge in [-0.3, -0.25) is 4.79 Å². The van der Waals surface area contributed by atoms with Crippen molar-refractivity contribution in [2.45, 2.75) is 6.54 Å². The van der Waals surface area contributed by atoms with Crippen molar-refractivity contribution in [2.24, 2.45) is 0 Å². The molecule has 3 aromatic carbocycles. The first kappa shape index (κ1) is 19.2. The molecule has 0 unspecified atom stereocenters. The molecule has 0 spiro atoms. The Morgan fingerprint density at radius 2 is 1.50 bits per heavy atom. The molecule has 0 saturated carbocycles. The Morgan fingerprint density at radius 3 is 2.18 bits per heavy atom. The van der Waals surface area contributed by atoms with Crippen molar-refractivity contribution in [2.75, 3.05) is 14.2 Å². The van der Waals surface area contributed by atoms with Gasteiger partial charge in [-0.25, -0.2) is 4.79 Å². The molecule has 3 rings (SSSR count). The van der Waals surface area contributed by atoms with E-state index in [4.69, 9.17) is 9.47 Å². The van der Waals surface area contributed by atoms with E-state index in [1.165, 1.54) is 7.11 Å². The molecule has 0 bridgehead atoms. The van der Waals surface area contributed by atoms with Gasteiger partial charge in [0.25, 0.3) is 5.91 Å². The number of benzene rings is 3. The molecule has 3 aromatic rings. The van der Waals surface area contributed by atoms with Gasteiger partial charge in [0.05, 0.1) is 18.2 Å². The molecule has 0 N–H and O–H groups in total. The zero-order chi connectivity index (χ0) is 19.9. The topological polar surface area (TPSA) is 55.8 Å². The number of hydrogen-bond acceptors (Lipinski definition) is 4. The van der Waals surface area contributed by atoms with E-state index in [1.54, 1.807) is 36.2 Å². The molecule has 0 heterocycles. The minimum absolute atomic E-state index is 0.149. The number of ether oxygens (including phenoxy) is 2. The Labute approximate surface area is 164 Å². The maximum absolute atomic E-state index is 13.0. The third-order valence-corrected chi connectivity index (χ3v) is 4.23. The molecule has 0 atom stereocenters. The van der Waals surface area contributed by atoms with Gasteiger partial charge in [0.1, 0.15) is 11.5 Å². The highest BCUT2D eigenvalue weighted by molar-refractivity contribution is 5.96. The molecule has 0 fully saturated rings. The second-order valence-electron chi connectivity index (χ2n) is 6.26. The van der Waals surface area contributed by atoms with Crippen LogP contribution >= 0.6 is 0 Å². The van der Waals surface area contributed by atoms with Crippen molar-refractivity contribution in [3.63, 3.8) is 0 Å². The smallest absolute Gasteiger partial charge is 0.337 e. The fourth-order valence-electron chi connectivity index (χ4n) is 2.76. The summed E-state index contributed by atoms with van der Waals surface area (Å²) in [7, 11) is 3.08. The molecule has 0 radical (unpaired) electrons. The van der Waals surface area contributed by atoms with Gasteiger partial charge < -0.3 is 14.4 Å². The molecule has 5 nitrogen and oxygen atoms in total. The van der Waals surface area contributed by atoms with E-state index in [0.717, 1.165) is 5.56 Å². The lowest BCUT2D eigenvalue weighted by Crippen LogP contribution is -2.26. The summed E-state index contributed by atoms with van der Waals surface area (Å²) in [6, 6.07) is 23.5. The van der Waals surface area contributed by atoms with Crippen LogP contribution in [0.3, 0.4) is 0 Å². The highest BCUT2D eigenvalue weighted by Crippen LogP contribution is 2.26. The van der Waals surface area contributed by atoms with E-state index >= 15 is 0 Å². The maximum Gasteiger partial charge on any atom is 0.337 e. The zero-order valence-corrected chi connectivity index (χ0v) is 15.8. The van der Waals surface area contributed by atoms with E-state index in [1.807, 2.05) is 54.6 Å². The number of rotatable bonds is 6. The number of carbonyl (C=O) groups excluding carboxylic acids is 2. The number of hydrogen-bond donors (Lipinski definition) is 0. The number of esters is 1. The van der Waals surface area contributed by atoms with Crippen molar-refractivity contribution in [3.05, 3.63) is 95.6 Å². The Balaban J connectivity index is 1.74. The first-order valence-electron chi connectivity index (χ1n) is 8.83. The van der Waals surface area contributed by atoms with Gasteiger partial charge in [-0.15, -0.1) is 0 Å². The normalized spacial score (nSPS) is 10.2. The predicted molar refractivity (Wildman–Crippen MR) is 107 cm³/mol. The Hall–Kier alpha value is -3.60. The fraction of sp³-hybridized carbons (Fsp3) is 0.130. The summed E-state index contributed by atoms with van der Waals surface area (Å²) in [5, 5.41) is 0. The molecule has 0 saturated heterocycles. The number of methoxy groups -OCH3 is 1. The highest BCUT2D eigenvalue weighted by atomic mass is 16.5. The lowest BCUT2D eigenvalue weighted by Gasteiger charge is -2.19. The number of para-hydroxylation sites is 2. The third-order valence-electron chi connectivity index (χ3n) is 4.23. The van der Waals surface area contributed by atoms with Crippen LogP contribution in [0.25, 0.3) is 0 Å². The summed E-state index contributed by atoms with van der Waals surface area (Å²) >= 11 is 0. The molecule has 28 heavy (non-hydrogen) atoms. The van der Waals surface area contributed by atoms with Crippen LogP contribution in [0, 0.1) is 0 Å². The fourth-order valence-corrected chi connectivity index (χ4v) is 2.76. The quantitative estimate of drug-likeness (QED) is 0.594. The summed E-state index contributed by atoms with van der Waals surface area (Å²) in [6.07, 6.45) is 0. The first-order valence-corrected chi connectivity index (χ1v) is 8.83. The van der Waals surface area contributed by atoms with Gasteiger partial charge in [-0.05, 0) is 42.0 Å². The molecule has 142 valence electrons.